The van der Waals surface area contributed by atoms with Gasteiger partial charge in [0.1, 0.15) is 23.7 Å². The number of nitro benzene ring substituents is 1. The first-order valence-electron chi connectivity index (χ1n) is 6.00. The molecule has 0 unspecified atom stereocenters. The van der Waals surface area contributed by atoms with E-state index in [2.05, 4.69) is 0 Å². The molecular weight excluding hydrogens is 306 g/mol. The summed E-state index contributed by atoms with van der Waals surface area (Å²) < 4.78 is 56.6. The number of benzene rings is 2. The van der Waals surface area contributed by atoms with Crippen molar-refractivity contribution in [3.8, 4) is 5.75 Å². The predicted octanol–water partition coefficient (Wildman–Crippen LogP) is 4.33. The molecule has 0 saturated carbocycles. The van der Waals surface area contributed by atoms with Crippen LogP contribution in [0.5, 0.6) is 5.75 Å². The number of non-ortho nitro benzene ring substituents is 1. The van der Waals surface area contributed by atoms with Gasteiger partial charge in [-0.05, 0) is 23.8 Å². The average Bonchev–Trinajstić information content (AvgIpc) is 2.45. The molecule has 22 heavy (non-hydrogen) atoms. The van der Waals surface area contributed by atoms with Gasteiger partial charge < -0.3 is 4.74 Å². The summed E-state index contributed by atoms with van der Waals surface area (Å²) in [6.45, 7) is -0.221. The Bertz CT molecular complexity index is 683. The van der Waals surface area contributed by atoms with Crippen molar-refractivity contribution in [3.05, 3.63) is 69.5 Å². The summed E-state index contributed by atoms with van der Waals surface area (Å²) in [6.07, 6.45) is -4.79. The molecule has 2 rings (SSSR count). The van der Waals surface area contributed by atoms with Gasteiger partial charge in [-0.1, -0.05) is 12.1 Å². The third-order valence-corrected chi connectivity index (χ3v) is 2.79. The van der Waals surface area contributed by atoms with Crippen LogP contribution in [0.2, 0.25) is 0 Å². The molecule has 4 nitrogen and oxygen atoms in total. The Morgan fingerprint density at radius 1 is 1.09 bits per heavy atom. The molecule has 2 aromatic carbocycles. The molecule has 0 aliphatic carbocycles. The van der Waals surface area contributed by atoms with Crippen molar-refractivity contribution in [1.29, 1.82) is 0 Å². The summed E-state index contributed by atoms with van der Waals surface area (Å²) in [5.41, 5.74) is -1.45. The third-order valence-electron chi connectivity index (χ3n) is 2.79. The maximum Gasteiger partial charge on any atom is 0.420 e. The summed E-state index contributed by atoms with van der Waals surface area (Å²) in [6, 6.07) is 7.28. The lowest BCUT2D eigenvalue weighted by Crippen LogP contribution is -2.09. The molecular formula is C14H9F4NO3. The molecule has 0 saturated heterocycles. The van der Waals surface area contributed by atoms with Crippen LogP contribution in [0.3, 0.4) is 0 Å². The zero-order valence-corrected chi connectivity index (χ0v) is 10.9. The van der Waals surface area contributed by atoms with Crippen LogP contribution < -0.4 is 4.74 Å². The Hall–Kier alpha value is -2.64. The zero-order valence-electron chi connectivity index (χ0n) is 10.9. The molecule has 0 aliphatic rings. The molecule has 116 valence electrons. The highest BCUT2D eigenvalue weighted by Crippen LogP contribution is 2.38. The van der Waals surface area contributed by atoms with Crippen molar-refractivity contribution in [3.63, 3.8) is 0 Å². The average molecular weight is 315 g/mol. The fourth-order valence-electron chi connectivity index (χ4n) is 1.72. The molecule has 0 radical (unpaired) electrons. The van der Waals surface area contributed by atoms with E-state index in [0.29, 0.717) is 11.6 Å². The number of nitro groups is 1. The number of nitrogens with zero attached hydrogens (tertiary/aromatic N) is 1. The van der Waals surface area contributed by atoms with Crippen LogP contribution in [0.15, 0.2) is 42.5 Å². The smallest absolute Gasteiger partial charge is 0.420 e. The summed E-state index contributed by atoms with van der Waals surface area (Å²) in [5.74, 6) is -1.00. The second-order valence-corrected chi connectivity index (χ2v) is 4.35. The van der Waals surface area contributed by atoms with Gasteiger partial charge in [-0.25, -0.2) is 4.39 Å². The van der Waals surface area contributed by atoms with Crippen molar-refractivity contribution in [2.45, 2.75) is 12.8 Å². The lowest BCUT2D eigenvalue weighted by molar-refractivity contribution is -0.385. The fraction of sp³-hybridized carbons (Fsp3) is 0.143. The van der Waals surface area contributed by atoms with Crippen LogP contribution in [-0.2, 0) is 12.8 Å². The molecule has 0 fully saturated rings. The summed E-state index contributed by atoms with van der Waals surface area (Å²) >= 11 is 0. The minimum absolute atomic E-state index is 0.221. The van der Waals surface area contributed by atoms with Gasteiger partial charge >= 0.3 is 6.18 Å². The van der Waals surface area contributed by atoms with Crippen LogP contribution >= 0.6 is 0 Å². The Labute approximate surface area is 122 Å². The van der Waals surface area contributed by atoms with E-state index in [1.165, 1.54) is 12.1 Å². The van der Waals surface area contributed by atoms with Gasteiger partial charge in [-0.15, -0.1) is 0 Å². The largest absolute Gasteiger partial charge is 0.488 e. The maximum atomic E-state index is 12.9. The third kappa shape index (κ3) is 3.72. The fourth-order valence-corrected chi connectivity index (χ4v) is 1.72. The Kier molecular flexibility index (Phi) is 4.30. The summed E-state index contributed by atoms with van der Waals surface area (Å²) in [4.78, 5) is 9.65. The highest BCUT2D eigenvalue weighted by molar-refractivity contribution is 5.45. The standard InChI is InChI=1S/C14H9F4NO3/c15-10-3-1-9(2-4-10)8-22-13-6-5-11(19(20)21)7-12(13)14(16,17)18/h1-7H,8H2. The van der Waals surface area contributed by atoms with E-state index in [1.54, 1.807) is 0 Å². The summed E-state index contributed by atoms with van der Waals surface area (Å²) in [7, 11) is 0. The van der Waals surface area contributed by atoms with E-state index >= 15 is 0 Å². The van der Waals surface area contributed by atoms with Gasteiger partial charge in [-0.2, -0.15) is 13.2 Å². The minimum Gasteiger partial charge on any atom is -0.488 e. The van der Waals surface area contributed by atoms with Crippen molar-refractivity contribution in [1.82, 2.24) is 0 Å². The molecule has 0 aliphatic heterocycles. The molecule has 2 aromatic rings. The number of halogens is 4. The van der Waals surface area contributed by atoms with E-state index in [4.69, 9.17) is 4.74 Å². The molecule has 0 amide bonds. The second kappa shape index (κ2) is 6.00. The zero-order chi connectivity index (χ0) is 16.3. The number of ether oxygens (including phenoxy) is 1. The normalized spacial score (nSPS) is 11.3. The summed E-state index contributed by atoms with van der Waals surface area (Å²) in [5, 5.41) is 10.6. The Morgan fingerprint density at radius 3 is 2.27 bits per heavy atom. The topological polar surface area (TPSA) is 52.4 Å². The van der Waals surface area contributed by atoms with E-state index in [9.17, 15) is 27.7 Å². The molecule has 8 heteroatoms. The van der Waals surface area contributed by atoms with Crippen molar-refractivity contribution in [2.24, 2.45) is 0 Å². The Morgan fingerprint density at radius 2 is 1.73 bits per heavy atom. The molecule has 0 aromatic heterocycles. The maximum absolute atomic E-state index is 12.9. The predicted molar refractivity (Wildman–Crippen MR) is 68.8 cm³/mol. The van der Waals surface area contributed by atoms with Crippen LogP contribution in [0.4, 0.5) is 23.2 Å². The van der Waals surface area contributed by atoms with Crippen LogP contribution in [0.1, 0.15) is 11.1 Å². The van der Waals surface area contributed by atoms with Gasteiger partial charge in [0.15, 0.2) is 0 Å². The molecule has 0 spiro atoms. The van der Waals surface area contributed by atoms with Crippen molar-refractivity contribution < 1.29 is 27.2 Å². The number of alkyl halides is 3. The van der Waals surface area contributed by atoms with Gasteiger partial charge in [0.25, 0.3) is 5.69 Å². The lowest BCUT2D eigenvalue weighted by Gasteiger charge is -2.13. The monoisotopic (exact) mass is 315 g/mol. The number of hydrogen-bond donors (Lipinski definition) is 0. The molecule has 0 atom stereocenters. The SMILES string of the molecule is O=[N+]([O-])c1ccc(OCc2ccc(F)cc2)c(C(F)(F)F)c1. The lowest BCUT2D eigenvalue weighted by atomic mass is 10.1. The molecule has 0 heterocycles. The van der Waals surface area contributed by atoms with E-state index in [0.717, 1.165) is 24.3 Å². The first-order valence-corrected chi connectivity index (χ1v) is 6.00. The minimum atomic E-state index is -4.79. The molecule has 0 bridgehead atoms. The van der Waals surface area contributed by atoms with Gasteiger partial charge in [-0.3, -0.25) is 10.1 Å². The van der Waals surface area contributed by atoms with E-state index in [1.807, 2.05) is 0 Å². The number of hydrogen-bond acceptors (Lipinski definition) is 3. The first-order chi connectivity index (χ1) is 10.3. The molecule has 0 N–H and O–H groups in total. The highest BCUT2D eigenvalue weighted by Gasteiger charge is 2.36. The van der Waals surface area contributed by atoms with Gasteiger partial charge in [0, 0.05) is 12.1 Å². The number of rotatable bonds is 4. The van der Waals surface area contributed by atoms with Crippen molar-refractivity contribution in [2.75, 3.05) is 0 Å². The quantitative estimate of drug-likeness (QED) is 0.479. The van der Waals surface area contributed by atoms with Crippen LogP contribution in [-0.4, -0.2) is 4.92 Å². The van der Waals surface area contributed by atoms with Crippen molar-refractivity contribution >= 4 is 5.69 Å². The van der Waals surface area contributed by atoms with E-state index in [-0.39, 0.29) is 6.61 Å². The second-order valence-electron chi connectivity index (χ2n) is 4.35. The van der Waals surface area contributed by atoms with E-state index < -0.39 is 33.9 Å². The first kappa shape index (κ1) is 15.7. The highest BCUT2D eigenvalue weighted by atomic mass is 19.4. The van der Waals surface area contributed by atoms with Crippen LogP contribution in [0, 0.1) is 15.9 Å². The van der Waals surface area contributed by atoms with Gasteiger partial charge in [0.2, 0.25) is 0 Å². The Balaban J connectivity index is 2.26. The van der Waals surface area contributed by atoms with Crippen LogP contribution in [0.25, 0.3) is 0 Å². The van der Waals surface area contributed by atoms with Gasteiger partial charge in [0.05, 0.1) is 4.92 Å².